The van der Waals surface area contributed by atoms with Gasteiger partial charge in [-0.15, -0.1) is 0 Å². The largest absolute Gasteiger partial charge is 0.399 e. The summed E-state index contributed by atoms with van der Waals surface area (Å²) in [4.78, 5) is 8.43. The molecule has 0 aliphatic carbocycles. The van der Waals surface area contributed by atoms with Crippen molar-refractivity contribution in [3.05, 3.63) is 53.7 Å². The second-order valence-electron chi connectivity index (χ2n) is 4.54. The number of nitrogen functional groups attached to an aromatic ring is 1. The zero-order valence-corrected chi connectivity index (χ0v) is 12.8. The highest BCUT2D eigenvalue weighted by Gasteiger charge is 2.15. The molecule has 0 fully saturated rings. The molecule has 23 heavy (non-hydrogen) atoms. The van der Waals surface area contributed by atoms with Crippen molar-refractivity contribution in [2.75, 3.05) is 10.5 Å². The van der Waals surface area contributed by atoms with E-state index in [1.54, 1.807) is 18.2 Å². The SMILES string of the molecule is C.Nc1ccc(S(=O)(=O)Nc2cnc3c(Cl)cccc3n2)cc1. The maximum atomic E-state index is 12.3. The summed E-state index contributed by atoms with van der Waals surface area (Å²) >= 11 is 6.00. The fourth-order valence-electron chi connectivity index (χ4n) is 1.90. The van der Waals surface area contributed by atoms with E-state index in [2.05, 4.69) is 14.7 Å². The molecule has 3 aromatic rings. The Balaban J connectivity index is 0.00000192. The van der Waals surface area contributed by atoms with Gasteiger partial charge >= 0.3 is 0 Å². The quantitative estimate of drug-likeness (QED) is 0.706. The van der Waals surface area contributed by atoms with Crippen LogP contribution in [-0.2, 0) is 10.0 Å². The number of aromatic nitrogens is 2. The molecule has 3 rings (SSSR count). The molecule has 1 heterocycles. The van der Waals surface area contributed by atoms with Crippen LogP contribution in [0, 0.1) is 0 Å². The van der Waals surface area contributed by atoms with Crippen molar-refractivity contribution in [1.82, 2.24) is 9.97 Å². The van der Waals surface area contributed by atoms with Gasteiger partial charge in [-0.05, 0) is 36.4 Å². The van der Waals surface area contributed by atoms with E-state index in [0.29, 0.717) is 21.7 Å². The molecule has 0 radical (unpaired) electrons. The number of fused-ring (bicyclic) bond motifs is 1. The number of halogens is 1. The average Bonchev–Trinajstić information content (AvgIpc) is 2.47. The Labute approximate surface area is 139 Å². The maximum Gasteiger partial charge on any atom is 0.263 e. The van der Waals surface area contributed by atoms with Gasteiger partial charge in [0.2, 0.25) is 0 Å². The van der Waals surface area contributed by atoms with Gasteiger partial charge in [0.1, 0.15) is 5.52 Å². The molecule has 0 saturated heterocycles. The van der Waals surface area contributed by atoms with E-state index in [9.17, 15) is 8.42 Å². The van der Waals surface area contributed by atoms with Crippen LogP contribution in [0.15, 0.2) is 53.6 Å². The Hall–Kier alpha value is -2.38. The van der Waals surface area contributed by atoms with Crippen molar-refractivity contribution in [3.8, 4) is 0 Å². The van der Waals surface area contributed by atoms with E-state index in [0.717, 1.165) is 0 Å². The van der Waals surface area contributed by atoms with E-state index in [1.165, 1.54) is 30.5 Å². The van der Waals surface area contributed by atoms with Gasteiger partial charge in [0, 0.05) is 5.69 Å². The molecule has 0 aliphatic heterocycles. The lowest BCUT2D eigenvalue weighted by Crippen LogP contribution is -2.14. The van der Waals surface area contributed by atoms with Crippen LogP contribution in [0.25, 0.3) is 11.0 Å². The van der Waals surface area contributed by atoms with E-state index in [4.69, 9.17) is 17.3 Å². The van der Waals surface area contributed by atoms with Crippen molar-refractivity contribution in [2.24, 2.45) is 0 Å². The average molecular weight is 351 g/mol. The van der Waals surface area contributed by atoms with E-state index in [-0.39, 0.29) is 18.1 Å². The lowest BCUT2D eigenvalue weighted by Gasteiger charge is -2.08. The highest BCUT2D eigenvalue weighted by atomic mass is 35.5. The van der Waals surface area contributed by atoms with Crippen LogP contribution < -0.4 is 10.5 Å². The van der Waals surface area contributed by atoms with Gasteiger partial charge in [-0.3, -0.25) is 4.72 Å². The molecule has 6 nitrogen and oxygen atoms in total. The lowest BCUT2D eigenvalue weighted by molar-refractivity contribution is 0.601. The second-order valence-corrected chi connectivity index (χ2v) is 6.63. The maximum absolute atomic E-state index is 12.3. The predicted octanol–water partition coefficient (Wildman–Crippen LogP) is 3.30. The summed E-state index contributed by atoms with van der Waals surface area (Å²) in [7, 11) is -3.75. The first-order valence-corrected chi connectivity index (χ1v) is 8.11. The van der Waals surface area contributed by atoms with Crippen molar-refractivity contribution in [1.29, 1.82) is 0 Å². The summed E-state index contributed by atoms with van der Waals surface area (Å²) in [5.74, 6) is 0.117. The van der Waals surface area contributed by atoms with Crippen LogP contribution in [0.3, 0.4) is 0 Å². The molecule has 8 heteroatoms. The molecule has 1 aromatic heterocycles. The zero-order valence-electron chi connectivity index (χ0n) is 11.2. The number of anilines is 2. The van der Waals surface area contributed by atoms with Gasteiger partial charge in [-0.1, -0.05) is 25.1 Å². The number of nitrogens with one attached hydrogen (secondary N) is 1. The van der Waals surface area contributed by atoms with E-state index in [1.807, 2.05) is 0 Å². The Bertz CT molecular complexity index is 943. The second kappa shape index (κ2) is 6.39. The number of nitrogens with zero attached hydrogens (tertiary/aromatic N) is 2. The van der Waals surface area contributed by atoms with Gasteiger partial charge in [0.05, 0.1) is 21.6 Å². The first-order chi connectivity index (χ1) is 10.5. The molecule has 0 unspecified atom stereocenters. The topological polar surface area (TPSA) is 98.0 Å². The minimum atomic E-state index is -3.75. The molecule has 120 valence electrons. The molecule has 0 spiro atoms. The lowest BCUT2D eigenvalue weighted by atomic mass is 10.3. The van der Waals surface area contributed by atoms with Crippen molar-refractivity contribution < 1.29 is 8.42 Å². The first-order valence-electron chi connectivity index (χ1n) is 6.25. The predicted molar refractivity (Wildman–Crippen MR) is 92.9 cm³/mol. The van der Waals surface area contributed by atoms with Crippen LogP contribution >= 0.6 is 11.6 Å². The monoisotopic (exact) mass is 350 g/mol. The Kier molecular flexibility index (Phi) is 4.72. The Morgan fingerprint density at radius 2 is 1.78 bits per heavy atom. The minimum Gasteiger partial charge on any atom is -0.399 e. The summed E-state index contributed by atoms with van der Waals surface area (Å²) in [6.45, 7) is 0. The summed E-state index contributed by atoms with van der Waals surface area (Å²) in [6, 6.07) is 11.0. The number of sulfonamides is 1. The summed E-state index contributed by atoms with van der Waals surface area (Å²) in [5, 5.41) is 0.456. The van der Waals surface area contributed by atoms with Crippen LogP contribution in [0.4, 0.5) is 11.5 Å². The number of nitrogens with two attached hydrogens (primary N) is 1. The molecule has 0 saturated carbocycles. The van der Waals surface area contributed by atoms with Gasteiger partial charge in [0.25, 0.3) is 10.0 Å². The Morgan fingerprint density at radius 3 is 2.48 bits per heavy atom. The molecule has 2 aromatic carbocycles. The molecule has 0 bridgehead atoms. The van der Waals surface area contributed by atoms with Crippen LogP contribution in [0.2, 0.25) is 5.02 Å². The molecular weight excluding hydrogens is 336 g/mol. The van der Waals surface area contributed by atoms with Gasteiger partial charge in [-0.2, -0.15) is 0 Å². The zero-order chi connectivity index (χ0) is 15.7. The van der Waals surface area contributed by atoms with Gasteiger partial charge in [0.15, 0.2) is 5.82 Å². The number of benzene rings is 2. The highest BCUT2D eigenvalue weighted by molar-refractivity contribution is 7.92. The fraction of sp³-hybridized carbons (Fsp3) is 0.0667. The third-order valence-corrected chi connectivity index (χ3v) is 4.63. The van der Waals surface area contributed by atoms with Crippen LogP contribution in [0.5, 0.6) is 0 Å². The standard InChI is InChI=1S/C14H11ClN4O2S.CH4/c15-11-2-1-3-12-14(11)17-8-13(18-12)19-22(20,21)10-6-4-9(16)5-7-10;/h1-8H,16H2,(H,18,19);1H4. The number of hydrogen-bond acceptors (Lipinski definition) is 5. The van der Waals surface area contributed by atoms with Gasteiger partial charge < -0.3 is 5.73 Å². The summed E-state index contributed by atoms with van der Waals surface area (Å²) in [6.07, 6.45) is 1.32. The van der Waals surface area contributed by atoms with Crippen LogP contribution in [0.1, 0.15) is 7.43 Å². The molecule has 0 amide bonds. The summed E-state index contributed by atoms with van der Waals surface area (Å²) in [5.41, 5.74) is 7.05. The third kappa shape index (κ3) is 3.52. The first kappa shape index (κ1) is 17.0. The van der Waals surface area contributed by atoms with Crippen molar-refractivity contribution >= 4 is 44.2 Å². The summed E-state index contributed by atoms with van der Waals surface area (Å²) < 4.78 is 26.9. The number of rotatable bonds is 3. The fourth-order valence-corrected chi connectivity index (χ4v) is 3.10. The highest BCUT2D eigenvalue weighted by Crippen LogP contribution is 2.22. The molecule has 0 aliphatic rings. The van der Waals surface area contributed by atoms with E-state index >= 15 is 0 Å². The molecule has 0 atom stereocenters. The number of hydrogen-bond donors (Lipinski definition) is 2. The van der Waals surface area contributed by atoms with Crippen molar-refractivity contribution in [3.63, 3.8) is 0 Å². The normalized spacial score (nSPS) is 11.0. The molecular formula is C15H15ClN4O2S. The van der Waals surface area contributed by atoms with E-state index < -0.39 is 10.0 Å². The minimum absolute atomic E-state index is 0. The third-order valence-electron chi connectivity index (χ3n) is 2.95. The number of para-hydroxylation sites is 1. The van der Waals surface area contributed by atoms with Crippen molar-refractivity contribution in [2.45, 2.75) is 12.3 Å². The smallest absolute Gasteiger partial charge is 0.263 e. The Morgan fingerprint density at radius 1 is 1.09 bits per heavy atom. The molecule has 3 N–H and O–H groups in total. The van der Waals surface area contributed by atoms with Crippen LogP contribution in [-0.4, -0.2) is 18.4 Å². The van der Waals surface area contributed by atoms with Gasteiger partial charge in [-0.25, -0.2) is 18.4 Å².